The summed E-state index contributed by atoms with van der Waals surface area (Å²) >= 11 is 1.46. The van der Waals surface area contributed by atoms with Gasteiger partial charge in [0.25, 0.3) is 5.56 Å². The van der Waals surface area contributed by atoms with E-state index in [2.05, 4.69) is 20.5 Å². The highest BCUT2D eigenvalue weighted by Gasteiger charge is 2.13. The molecule has 128 valence electrons. The largest absolute Gasteiger partial charge is 0.309 e. The molecule has 0 aliphatic heterocycles. The van der Waals surface area contributed by atoms with E-state index >= 15 is 0 Å². The standard InChI is InChI=1S/C18H18N4O2S/c1-10-12(3)25-18-16(10)17(24)19-14(20-18)9-15(23)22-21-11(2)13-7-5-4-6-8-13/h4-8H,9H2,1-3H3,(H,22,23)(H,19,20,24)/b21-11-. The second kappa shape index (κ2) is 6.98. The number of thiophene rings is 1. The van der Waals surface area contributed by atoms with Crippen molar-refractivity contribution in [1.82, 2.24) is 15.4 Å². The Hall–Kier alpha value is -2.80. The first-order chi connectivity index (χ1) is 12.0. The Labute approximate surface area is 148 Å². The zero-order valence-electron chi connectivity index (χ0n) is 14.2. The fourth-order valence-corrected chi connectivity index (χ4v) is 3.51. The molecular weight excluding hydrogens is 336 g/mol. The van der Waals surface area contributed by atoms with Crippen molar-refractivity contribution >= 4 is 33.2 Å². The molecule has 25 heavy (non-hydrogen) atoms. The van der Waals surface area contributed by atoms with E-state index in [1.54, 1.807) is 0 Å². The topological polar surface area (TPSA) is 87.2 Å². The number of fused-ring (bicyclic) bond motifs is 1. The first-order valence-electron chi connectivity index (χ1n) is 7.83. The lowest BCUT2D eigenvalue weighted by Gasteiger charge is -2.03. The molecule has 0 saturated heterocycles. The maximum atomic E-state index is 12.2. The summed E-state index contributed by atoms with van der Waals surface area (Å²) in [5.41, 5.74) is 4.87. The molecule has 2 aromatic heterocycles. The van der Waals surface area contributed by atoms with Gasteiger partial charge in [-0.1, -0.05) is 30.3 Å². The van der Waals surface area contributed by atoms with Crippen molar-refractivity contribution in [2.24, 2.45) is 5.10 Å². The van der Waals surface area contributed by atoms with E-state index in [0.29, 0.717) is 21.8 Å². The van der Waals surface area contributed by atoms with Crippen LogP contribution in [-0.4, -0.2) is 21.6 Å². The molecule has 2 heterocycles. The minimum atomic E-state index is -0.331. The molecule has 0 spiro atoms. The van der Waals surface area contributed by atoms with Gasteiger partial charge in [-0.15, -0.1) is 11.3 Å². The quantitative estimate of drug-likeness (QED) is 0.558. The first kappa shape index (κ1) is 17.0. The second-order valence-electron chi connectivity index (χ2n) is 5.75. The number of hydrogen-bond donors (Lipinski definition) is 2. The van der Waals surface area contributed by atoms with Crippen molar-refractivity contribution in [3.05, 3.63) is 62.5 Å². The first-order valence-corrected chi connectivity index (χ1v) is 8.65. The second-order valence-corrected chi connectivity index (χ2v) is 6.95. The summed E-state index contributed by atoms with van der Waals surface area (Å²) in [7, 11) is 0. The Bertz CT molecular complexity index is 1020. The number of rotatable bonds is 4. The Morgan fingerprint density at radius 1 is 1.28 bits per heavy atom. The highest BCUT2D eigenvalue weighted by Crippen LogP contribution is 2.25. The summed E-state index contributed by atoms with van der Waals surface area (Å²) < 4.78 is 0. The van der Waals surface area contributed by atoms with E-state index < -0.39 is 0 Å². The fourth-order valence-electron chi connectivity index (χ4n) is 2.46. The van der Waals surface area contributed by atoms with Crippen LogP contribution in [0, 0.1) is 13.8 Å². The number of nitrogens with one attached hydrogen (secondary N) is 2. The summed E-state index contributed by atoms with van der Waals surface area (Å²) in [4.78, 5) is 33.1. The van der Waals surface area contributed by atoms with Crippen molar-refractivity contribution in [1.29, 1.82) is 0 Å². The maximum absolute atomic E-state index is 12.2. The van der Waals surface area contributed by atoms with Crippen LogP contribution in [0.4, 0.5) is 0 Å². The maximum Gasteiger partial charge on any atom is 0.259 e. The molecule has 3 rings (SSSR count). The summed E-state index contributed by atoms with van der Waals surface area (Å²) in [5, 5.41) is 4.69. The van der Waals surface area contributed by atoms with Crippen molar-refractivity contribution in [2.45, 2.75) is 27.2 Å². The third-order valence-corrected chi connectivity index (χ3v) is 5.06. The van der Waals surface area contributed by atoms with Crippen LogP contribution >= 0.6 is 11.3 Å². The summed E-state index contributed by atoms with van der Waals surface area (Å²) in [6.07, 6.45) is -0.0350. The van der Waals surface area contributed by atoms with E-state index in [4.69, 9.17) is 0 Å². The van der Waals surface area contributed by atoms with E-state index in [0.717, 1.165) is 16.0 Å². The summed E-state index contributed by atoms with van der Waals surface area (Å²) in [5.74, 6) is 0.00611. The minimum Gasteiger partial charge on any atom is -0.309 e. The molecule has 1 aromatic carbocycles. The minimum absolute atomic E-state index is 0.0350. The molecule has 2 N–H and O–H groups in total. The lowest BCUT2D eigenvalue weighted by Crippen LogP contribution is -2.24. The van der Waals surface area contributed by atoms with Crippen molar-refractivity contribution < 1.29 is 4.79 Å². The lowest BCUT2D eigenvalue weighted by atomic mass is 10.1. The number of nitrogens with zero attached hydrogens (tertiary/aromatic N) is 2. The van der Waals surface area contributed by atoms with Crippen LogP contribution in [0.15, 0.2) is 40.2 Å². The molecule has 0 fully saturated rings. The number of aromatic nitrogens is 2. The summed E-state index contributed by atoms with van der Waals surface area (Å²) in [6, 6.07) is 9.57. The van der Waals surface area contributed by atoms with Gasteiger partial charge in [0.15, 0.2) is 0 Å². The zero-order valence-corrected chi connectivity index (χ0v) is 15.0. The van der Waals surface area contributed by atoms with Crippen molar-refractivity contribution in [2.75, 3.05) is 0 Å². The molecule has 3 aromatic rings. The Morgan fingerprint density at radius 3 is 2.72 bits per heavy atom. The predicted octanol–water partition coefficient (Wildman–Crippen LogP) is 2.68. The Kier molecular flexibility index (Phi) is 4.76. The van der Waals surface area contributed by atoms with Gasteiger partial charge in [-0.3, -0.25) is 9.59 Å². The average molecular weight is 354 g/mol. The van der Waals surface area contributed by atoms with Gasteiger partial charge in [-0.2, -0.15) is 5.10 Å². The Morgan fingerprint density at radius 2 is 2.00 bits per heavy atom. The van der Waals surface area contributed by atoms with Crippen LogP contribution < -0.4 is 11.0 Å². The van der Waals surface area contributed by atoms with Crippen LogP contribution in [0.2, 0.25) is 0 Å². The zero-order chi connectivity index (χ0) is 18.0. The number of amides is 1. The van der Waals surface area contributed by atoms with Crippen LogP contribution in [0.1, 0.15) is 28.8 Å². The van der Waals surface area contributed by atoms with Gasteiger partial charge in [-0.25, -0.2) is 10.4 Å². The molecule has 0 saturated carbocycles. The predicted molar refractivity (Wildman–Crippen MR) is 100 cm³/mol. The van der Waals surface area contributed by atoms with Gasteiger partial charge in [0.2, 0.25) is 5.91 Å². The van der Waals surface area contributed by atoms with E-state index in [1.807, 2.05) is 51.1 Å². The molecule has 0 aliphatic carbocycles. The highest BCUT2D eigenvalue weighted by atomic mass is 32.1. The average Bonchev–Trinajstić information content (AvgIpc) is 2.88. The van der Waals surface area contributed by atoms with Gasteiger partial charge < -0.3 is 4.98 Å². The molecule has 0 atom stereocenters. The molecule has 6 nitrogen and oxygen atoms in total. The number of H-pyrrole nitrogens is 1. The fraction of sp³-hybridized carbons (Fsp3) is 0.222. The number of benzene rings is 1. The number of hydrogen-bond acceptors (Lipinski definition) is 5. The molecule has 0 radical (unpaired) electrons. The molecule has 0 unspecified atom stereocenters. The monoisotopic (exact) mass is 354 g/mol. The van der Waals surface area contributed by atoms with E-state index in [9.17, 15) is 9.59 Å². The van der Waals surface area contributed by atoms with Gasteiger partial charge in [-0.05, 0) is 31.9 Å². The number of aryl methyl sites for hydroxylation is 2. The highest BCUT2D eigenvalue weighted by molar-refractivity contribution is 7.18. The number of hydrazone groups is 1. The van der Waals surface area contributed by atoms with E-state index in [1.165, 1.54) is 11.3 Å². The van der Waals surface area contributed by atoms with Crippen molar-refractivity contribution in [3.63, 3.8) is 0 Å². The third kappa shape index (κ3) is 3.66. The van der Waals surface area contributed by atoms with Gasteiger partial charge in [0.05, 0.1) is 17.5 Å². The van der Waals surface area contributed by atoms with Crippen LogP contribution in [0.25, 0.3) is 10.2 Å². The normalized spacial score (nSPS) is 11.7. The SMILES string of the molecule is C/C(=N/NC(=O)Cc1nc2sc(C)c(C)c2c(=O)[nH]1)c1ccccc1. The lowest BCUT2D eigenvalue weighted by molar-refractivity contribution is -0.120. The number of carbonyl (C=O) groups excluding carboxylic acids is 1. The third-order valence-electron chi connectivity index (χ3n) is 3.96. The molecule has 1 amide bonds. The van der Waals surface area contributed by atoms with Gasteiger partial charge in [0.1, 0.15) is 10.7 Å². The van der Waals surface area contributed by atoms with Crippen LogP contribution in [0.3, 0.4) is 0 Å². The van der Waals surface area contributed by atoms with Crippen molar-refractivity contribution in [3.8, 4) is 0 Å². The van der Waals surface area contributed by atoms with Crippen LogP contribution in [0.5, 0.6) is 0 Å². The van der Waals surface area contributed by atoms with E-state index in [-0.39, 0.29) is 17.9 Å². The number of aromatic amines is 1. The summed E-state index contributed by atoms with van der Waals surface area (Å²) in [6.45, 7) is 5.67. The molecular formula is C18H18N4O2S. The van der Waals surface area contributed by atoms with Gasteiger partial charge in [0, 0.05) is 4.88 Å². The molecule has 0 bridgehead atoms. The van der Waals surface area contributed by atoms with Crippen LogP contribution in [-0.2, 0) is 11.2 Å². The smallest absolute Gasteiger partial charge is 0.259 e. The van der Waals surface area contributed by atoms with Gasteiger partial charge >= 0.3 is 0 Å². The number of carbonyl (C=O) groups is 1. The molecule has 7 heteroatoms. The Balaban J connectivity index is 1.75. The molecule has 0 aliphatic rings.